The molecule has 3 rings (SSSR count). The quantitative estimate of drug-likeness (QED) is 0.859. The Labute approximate surface area is 152 Å². The lowest BCUT2D eigenvalue weighted by molar-refractivity contribution is 0.0517. The van der Waals surface area contributed by atoms with Crippen molar-refractivity contribution in [1.82, 2.24) is 4.72 Å². The monoisotopic (exact) mass is 383 g/mol. The van der Waals surface area contributed by atoms with Crippen LogP contribution in [-0.2, 0) is 20.2 Å². The van der Waals surface area contributed by atoms with Crippen molar-refractivity contribution in [3.63, 3.8) is 0 Å². The topological polar surface area (TPSA) is 55.4 Å². The highest BCUT2D eigenvalue weighted by Gasteiger charge is 2.35. The second-order valence-corrected chi connectivity index (χ2v) is 8.33. The van der Waals surface area contributed by atoms with Gasteiger partial charge in [0.2, 0.25) is 10.0 Å². The van der Waals surface area contributed by atoms with Gasteiger partial charge in [-0.05, 0) is 36.6 Å². The van der Waals surface area contributed by atoms with E-state index >= 15 is 0 Å². The van der Waals surface area contributed by atoms with Gasteiger partial charge in [-0.3, -0.25) is 0 Å². The molecule has 2 aromatic carbocycles. The van der Waals surface area contributed by atoms with E-state index in [0.29, 0.717) is 13.2 Å². The summed E-state index contributed by atoms with van der Waals surface area (Å²) in [5.41, 5.74) is 0.759. The Bertz CT molecular complexity index is 837. The van der Waals surface area contributed by atoms with Gasteiger partial charge in [-0.1, -0.05) is 41.9 Å². The molecule has 0 aliphatic carbocycles. The Morgan fingerprint density at radius 2 is 1.80 bits per heavy atom. The average molecular weight is 384 g/mol. The number of nitrogens with one attached hydrogen (secondary N) is 1. The lowest BCUT2D eigenvalue weighted by Crippen LogP contribution is -2.44. The minimum atomic E-state index is -3.79. The fraction of sp³-hybridized carbons (Fsp3) is 0.333. The molecule has 2 aromatic rings. The fourth-order valence-electron chi connectivity index (χ4n) is 3.08. The van der Waals surface area contributed by atoms with Crippen LogP contribution < -0.4 is 4.72 Å². The van der Waals surface area contributed by atoms with Gasteiger partial charge < -0.3 is 4.74 Å². The van der Waals surface area contributed by atoms with Crippen molar-refractivity contribution in [2.75, 3.05) is 19.8 Å². The number of ether oxygens (including phenoxy) is 1. The van der Waals surface area contributed by atoms with Crippen LogP contribution in [0.2, 0.25) is 5.02 Å². The molecule has 0 aromatic heterocycles. The summed E-state index contributed by atoms with van der Waals surface area (Å²) in [6.45, 7) is 1.41. The number of benzene rings is 2. The van der Waals surface area contributed by atoms with Gasteiger partial charge in [0.15, 0.2) is 0 Å². The van der Waals surface area contributed by atoms with Crippen LogP contribution in [0.1, 0.15) is 18.4 Å². The van der Waals surface area contributed by atoms with Crippen LogP contribution in [0, 0.1) is 5.82 Å². The molecule has 1 saturated heterocycles. The third kappa shape index (κ3) is 4.03. The SMILES string of the molecule is O=S(=O)(NCC1(c2ccccc2)CCOCC1)c1ccc(F)c(Cl)c1. The highest BCUT2D eigenvalue weighted by atomic mass is 35.5. The summed E-state index contributed by atoms with van der Waals surface area (Å²) in [5, 5.41) is -0.216. The Morgan fingerprint density at radius 3 is 2.44 bits per heavy atom. The Balaban J connectivity index is 1.84. The number of sulfonamides is 1. The predicted octanol–water partition coefficient (Wildman–Crippen LogP) is 3.51. The molecule has 1 heterocycles. The van der Waals surface area contributed by atoms with Gasteiger partial charge in [0.25, 0.3) is 0 Å². The lowest BCUT2D eigenvalue weighted by Gasteiger charge is -2.37. The Morgan fingerprint density at radius 1 is 1.12 bits per heavy atom. The van der Waals surface area contributed by atoms with Crippen molar-refractivity contribution in [1.29, 1.82) is 0 Å². The summed E-state index contributed by atoms with van der Waals surface area (Å²) in [7, 11) is -3.79. The minimum absolute atomic E-state index is 0.0471. The van der Waals surface area contributed by atoms with Crippen molar-refractivity contribution < 1.29 is 17.5 Å². The average Bonchev–Trinajstić information content (AvgIpc) is 2.64. The van der Waals surface area contributed by atoms with E-state index in [1.807, 2.05) is 30.3 Å². The highest BCUT2D eigenvalue weighted by molar-refractivity contribution is 7.89. The normalized spacial score (nSPS) is 17.4. The van der Waals surface area contributed by atoms with Crippen LogP contribution in [0.5, 0.6) is 0 Å². The van der Waals surface area contributed by atoms with Crippen molar-refractivity contribution >= 4 is 21.6 Å². The van der Waals surface area contributed by atoms with Gasteiger partial charge in [-0.2, -0.15) is 0 Å². The highest BCUT2D eigenvalue weighted by Crippen LogP contribution is 2.34. The number of halogens is 2. The first-order valence-corrected chi connectivity index (χ1v) is 9.87. The molecule has 0 spiro atoms. The van der Waals surface area contributed by atoms with Crippen LogP contribution in [0.3, 0.4) is 0 Å². The molecule has 0 atom stereocenters. The van der Waals surface area contributed by atoms with E-state index < -0.39 is 15.8 Å². The molecule has 0 amide bonds. The zero-order chi connectivity index (χ0) is 17.9. The third-order valence-electron chi connectivity index (χ3n) is 4.64. The maximum Gasteiger partial charge on any atom is 0.240 e. The summed E-state index contributed by atoms with van der Waals surface area (Å²) in [6.07, 6.45) is 1.45. The van der Waals surface area contributed by atoms with Crippen LogP contribution >= 0.6 is 11.6 Å². The van der Waals surface area contributed by atoms with Crippen molar-refractivity contribution in [2.24, 2.45) is 0 Å². The first-order chi connectivity index (χ1) is 11.9. The van der Waals surface area contributed by atoms with Gasteiger partial charge in [-0.15, -0.1) is 0 Å². The summed E-state index contributed by atoms with van der Waals surface area (Å²) < 4.78 is 46.6. The summed E-state index contributed by atoms with van der Waals surface area (Å²) in [6, 6.07) is 13.2. The van der Waals surface area contributed by atoms with Crippen molar-refractivity contribution in [2.45, 2.75) is 23.2 Å². The molecule has 7 heteroatoms. The third-order valence-corrected chi connectivity index (χ3v) is 6.33. The van der Waals surface area contributed by atoms with Crippen LogP contribution in [0.15, 0.2) is 53.4 Å². The molecule has 1 fully saturated rings. The fourth-order valence-corrected chi connectivity index (χ4v) is 4.48. The maximum absolute atomic E-state index is 13.3. The number of hydrogen-bond acceptors (Lipinski definition) is 3. The summed E-state index contributed by atoms with van der Waals surface area (Å²) in [4.78, 5) is -0.0471. The van der Waals surface area contributed by atoms with E-state index in [4.69, 9.17) is 16.3 Å². The molecule has 0 saturated carbocycles. The maximum atomic E-state index is 13.3. The molecule has 1 N–H and O–H groups in total. The Hall–Kier alpha value is -1.47. The molecule has 0 unspecified atom stereocenters. The van der Waals surface area contributed by atoms with Crippen LogP contribution in [0.25, 0.3) is 0 Å². The molecular weight excluding hydrogens is 365 g/mol. The first kappa shape index (κ1) is 18.3. The van der Waals surface area contributed by atoms with Gasteiger partial charge in [0.05, 0.1) is 9.92 Å². The van der Waals surface area contributed by atoms with Crippen molar-refractivity contribution in [3.05, 3.63) is 64.9 Å². The smallest absolute Gasteiger partial charge is 0.240 e. The first-order valence-electron chi connectivity index (χ1n) is 8.01. The number of rotatable bonds is 5. The van der Waals surface area contributed by atoms with Gasteiger partial charge in [0, 0.05) is 25.2 Å². The van der Waals surface area contributed by atoms with Gasteiger partial charge >= 0.3 is 0 Å². The van der Waals surface area contributed by atoms with Gasteiger partial charge in [-0.25, -0.2) is 17.5 Å². The summed E-state index contributed by atoms with van der Waals surface area (Å²) >= 11 is 5.71. The standard InChI is InChI=1S/C18H19ClFNO3S/c19-16-12-15(6-7-17(16)20)25(22,23)21-13-18(8-10-24-11-9-18)14-4-2-1-3-5-14/h1-7,12,21H,8-11,13H2. The second kappa shape index (κ2) is 7.41. The molecule has 25 heavy (non-hydrogen) atoms. The second-order valence-electron chi connectivity index (χ2n) is 6.16. The lowest BCUT2D eigenvalue weighted by atomic mass is 9.74. The molecular formula is C18H19ClFNO3S. The zero-order valence-corrected chi connectivity index (χ0v) is 15.1. The Kier molecular flexibility index (Phi) is 5.43. The largest absolute Gasteiger partial charge is 0.381 e. The molecule has 0 bridgehead atoms. The van der Waals surface area contributed by atoms with Crippen LogP contribution in [-0.4, -0.2) is 28.2 Å². The van der Waals surface area contributed by atoms with Crippen LogP contribution in [0.4, 0.5) is 4.39 Å². The predicted molar refractivity (Wildman–Crippen MR) is 94.8 cm³/mol. The number of hydrogen-bond donors (Lipinski definition) is 1. The molecule has 0 radical (unpaired) electrons. The molecule has 4 nitrogen and oxygen atoms in total. The van der Waals surface area contributed by atoms with E-state index in [-0.39, 0.29) is 21.9 Å². The van der Waals surface area contributed by atoms with E-state index in [1.54, 1.807) is 0 Å². The van der Waals surface area contributed by atoms with Crippen molar-refractivity contribution in [3.8, 4) is 0 Å². The minimum Gasteiger partial charge on any atom is -0.381 e. The van der Waals surface area contributed by atoms with E-state index in [1.165, 1.54) is 6.07 Å². The van der Waals surface area contributed by atoms with E-state index in [0.717, 1.165) is 30.5 Å². The van der Waals surface area contributed by atoms with Gasteiger partial charge in [0.1, 0.15) is 5.82 Å². The molecule has 134 valence electrons. The van der Waals surface area contributed by atoms with E-state index in [9.17, 15) is 12.8 Å². The molecule has 1 aliphatic rings. The zero-order valence-electron chi connectivity index (χ0n) is 13.5. The molecule has 1 aliphatic heterocycles. The van der Waals surface area contributed by atoms with E-state index in [2.05, 4.69) is 4.72 Å². The summed E-state index contributed by atoms with van der Waals surface area (Å²) in [5.74, 6) is -0.647.